The second-order valence-electron chi connectivity index (χ2n) is 8.35. The Kier molecular flexibility index (Phi) is 4.91. The third kappa shape index (κ3) is 3.65. The minimum Gasteiger partial charge on any atom is -0.257 e. The van der Waals surface area contributed by atoms with Gasteiger partial charge < -0.3 is 0 Å². The van der Waals surface area contributed by atoms with E-state index in [0.717, 1.165) is 17.0 Å². The molecular weight excluding hydrogens is 354 g/mol. The predicted molar refractivity (Wildman–Crippen MR) is 120 cm³/mol. The van der Waals surface area contributed by atoms with Crippen LogP contribution in [0.25, 0.3) is 33.3 Å². The maximum atomic E-state index is 4.64. The summed E-state index contributed by atoms with van der Waals surface area (Å²) in [6.45, 7) is 10.8. The topological polar surface area (TPSA) is 29.7 Å². The van der Waals surface area contributed by atoms with Crippen molar-refractivity contribution in [1.29, 1.82) is 0 Å². The third-order valence-electron chi connectivity index (χ3n) is 5.74. The highest BCUT2D eigenvalue weighted by Crippen LogP contribution is 2.29. The zero-order chi connectivity index (χ0) is 20.7. The fourth-order valence-corrected chi connectivity index (χ4v) is 3.86. The van der Waals surface area contributed by atoms with Gasteiger partial charge in [0.05, 0.1) is 17.6 Å². The number of fused-ring (bicyclic) bond motifs is 1. The summed E-state index contributed by atoms with van der Waals surface area (Å²) in [6.07, 6.45) is 5.98. The van der Waals surface area contributed by atoms with Crippen LogP contribution in [0.1, 0.15) is 42.1 Å². The lowest BCUT2D eigenvalue weighted by Gasteiger charge is -2.11. The Hall–Kier alpha value is -3.07. The predicted octanol–water partition coefficient (Wildman–Crippen LogP) is 5.84. The van der Waals surface area contributed by atoms with Crippen LogP contribution < -0.4 is 4.57 Å². The molecule has 29 heavy (non-hydrogen) atoms. The van der Waals surface area contributed by atoms with E-state index < -0.39 is 0 Å². The van der Waals surface area contributed by atoms with Crippen LogP contribution in [0.5, 0.6) is 0 Å². The van der Waals surface area contributed by atoms with Gasteiger partial charge in [-0.2, -0.15) is 0 Å². The first kappa shape index (κ1) is 19.3. The largest absolute Gasteiger partial charge is 0.257 e. The maximum Gasteiger partial charge on any atom is 0.213 e. The number of pyridine rings is 1. The summed E-state index contributed by atoms with van der Waals surface area (Å²) in [6, 6.07) is 13.3. The Morgan fingerprint density at radius 2 is 1.66 bits per heavy atom. The minimum atomic E-state index is 0.386. The Bertz CT molecular complexity index is 1210. The first-order valence-electron chi connectivity index (χ1n) is 10.2. The smallest absolute Gasteiger partial charge is 0.213 e. The van der Waals surface area contributed by atoms with E-state index in [1.807, 2.05) is 12.4 Å². The molecule has 0 bridgehead atoms. The van der Waals surface area contributed by atoms with Crippen molar-refractivity contribution >= 4 is 10.8 Å². The van der Waals surface area contributed by atoms with Crippen LogP contribution in [-0.4, -0.2) is 9.97 Å². The van der Waals surface area contributed by atoms with Crippen molar-refractivity contribution in [3.63, 3.8) is 0 Å². The number of rotatable bonds is 3. The van der Waals surface area contributed by atoms with Gasteiger partial charge in [0.2, 0.25) is 5.69 Å². The summed E-state index contributed by atoms with van der Waals surface area (Å²) >= 11 is 0. The van der Waals surface area contributed by atoms with Gasteiger partial charge in [-0.1, -0.05) is 31.5 Å². The van der Waals surface area contributed by atoms with Crippen LogP contribution >= 0.6 is 0 Å². The van der Waals surface area contributed by atoms with Crippen LogP contribution in [0.4, 0.5) is 0 Å². The number of nitrogens with zero attached hydrogens (tertiary/aromatic N) is 3. The molecule has 2 aromatic heterocycles. The highest BCUT2D eigenvalue weighted by atomic mass is 14.9. The molecule has 0 radical (unpaired) electrons. The maximum absolute atomic E-state index is 4.64. The second-order valence-corrected chi connectivity index (χ2v) is 8.35. The Morgan fingerprint density at radius 3 is 2.34 bits per heavy atom. The molecule has 4 rings (SSSR count). The average molecular weight is 383 g/mol. The summed E-state index contributed by atoms with van der Waals surface area (Å²) in [5.74, 6) is 0.386. The second kappa shape index (κ2) is 7.40. The van der Waals surface area contributed by atoms with Crippen molar-refractivity contribution in [3.8, 4) is 22.5 Å². The van der Waals surface area contributed by atoms with Gasteiger partial charge in [0, 0.05) is 28.8 Å². The zero-order valence-electron chi connectivity index (χ0n) is 18.1. The van der Waals surface area contributed by atoms with Crippen LogP contribution in [0.2, 0.25) is 0 Å². The van der Waals surface area contributed by atoms with Gasteiger partial charge in [0.25, 0.3) is 0 Å². The molecule has 0 spiro atoms. The van der Waals surface area contributed by atoms with E-state index in [0.29, 0.717) is 5.92 Å². The van der Waals surface area contributed by atoms with Crippen LogP contribution in [0.15, 0.2) is 55.0 Å². The molecule has 0 amide bonds. The first-order chi connectivity index (χ1) is 13.8. The molecule has 0 aliphatic heterocycles. The summed E-state index contributed by atoms with van der Waals surface area (Å²) in [5, 5.41) is 2.43. The van der Waals surface area contributed by atoms with Crippen molar-refractivity contribution in [2.75, 3.05) is 0 Å². The molecule has 0 unspecified atom stereocenters. The van der Waals surface area contributed by atoms with Crippen molar-refractivity contribution in [2.24, 2.45) is 7.05 Å². The molecule has 4 aromatic rings. The van der Waals surface area contributed by atoms with Crippen molar-refractivity contribution in [2.45, 2.75) is 40.5 Å². The molecule has 0 aliphatic rings. The Balaban J connectivity index is 1.84. The lowest BCUT2D eigenvalue weighted by atomic mass is 9.96. The summed E-state index contributed by atoms with van der Waals surface area (Å²) in [7, 11) is 2.12. The third-order valence-corrected chi connectivity index (χ3v) is 5.74. The number of hydrogen-bond acceptors (Lipinski definition) is 2. The van der Waals surface area contributed by atoms with Crippen LogP contribution in [-0.2, 0) is 7.05 Å². The lowest BCUT2D eigenvalue weighted by molar-refractivity contribution is -0.659. The van der Waals surface area contributed by atoms with E-state index >= 15 is 0 Å². The number of aryl methyl sites for hydroxylation is 3. The lowest BCUT2D eigenvalue weighted by Crippen LogP contribution is -2.30. The standard InChI is InChI=1S/C26H28N3/c1-16(2)24-13-28-25(14-27-24)20-7-8-21-15-29(6)26(12-22(21)11-20)23-10-17(3)9-18(4)19(23)5/h7-16H,1-6H3/q+1. The van der Waals surface area contributed by atoms with E-state index in [1.54, 1.807) is 0 Å². The SMILES string of the molecule is Cc1cc(C)c(C)c(-c2cc3cc(-c4cnc(C(C)C)cn4)ccc3c[n+]2C)c1. The molecule has 0 saturated heterocycles. The molecule has 3 heteroatoms. The molecule has 0 fully saturated rings. The van der Waals surface area contributed by atoms with Gasteiger partial charge in [0.15, 0.2) is 6.20 Å². The quantitative estimate of drug-likeness (QED) is 0.417. The summed E-state index contributed by atoms with van der Waals surface area (Å²) in [5.41, 5.74) is 9.49. The molecule has 0 saturated carbocycles. The van der Waals surface area contributed by atoms with E-state index in [-0.39, 0.29) is 0 Å². The van der Waals surface area contributed by atoms with Gasteiger partial charge in [-0.05, 0) is 61.4 Å². The summed E-state index contributed by atoms with van der Waals surface area (Å²) in [4.78, 5) is 9.22. The highest BCUT2D eigenvalue weighted by molar-refractivity contribution is 5.88. The average Bonchev–Trinajstić information content (AvgIpc) is 2.70. The molecule has 0 atom stereocenters. The normalized spacial score (nSPS) is 11.4. The fraction of sp³-hybridized carbons (Fsp3) is 0.269. The Labute approximate surface area is 173 Å². The van der Waals surface area contributed by atoms with Crippen molar-refractivity contribution in [1.82, 2.24) is 9.97 Å². The number of hydrogen-bond donors (Lipinski definition) is 0. The fourth-order valence-electron chi connectivity index (χ4n) is 3.86. The molecule has 3 nitrogen and oxygen atoms in total. The molecule has 146 valence electrons. The first-order valence-corrected chi connectivity index (χ1v) is 10.2. The van der Waals surface area contributed by atoms with E-state index in [2.05, 4.69) is 98.8 Å². The molecular formula is C26H28N3+. The monoisotopic (exact) mass is 382 g/mol. The summed E-state index contributed by atoms with van der Waals surface area (Å²) < 4.78 is 2.22. The van der Waals surface area contributed by atoms with Gasteiger partial charge >= 0.3 is 0 Å². The molecule has 0 aliphatic carbocycles. The van der Waals surface area contributed by atoms with Gasteiger partial charge in [-0.3, -0.25) is 9.97 Å². The molecule has 2 heterocycles. The van der Waals surface area contributed by atoms with E-state index in [4.69, 9.17) is 0 Å². The number of benzene rings is 2. The zero-order valence-corrected chi connectivity index (χ0v) is 18.1. The van der Waals surface area contributed by atoms with E-state index in [9.17, 15) is 0 Å². The van der Waals surface area contributed by atoms with Crippen LogP contribution in [0, 0.1) is 20.8 Å². The molecule has 2 aromatic carbocycles. The van der Waals surface area contributed by atoms with Gasteiger partial charge in [-0.25, -0.2) is 4.57 Å². The van der Waals surface area contributed by atoms with Gasteiger partial charge in [-0.15, -0.1) is 0 Å². The highest BCUT2D eigenvalue weighted by Gasteiger charge is 2.16. The Morgan fingerprint density at radius 1 is 0.862 bits per heavy atom. The van der Waals surface area contributed by atoms with Crippen molar-refractivity contribution < 1.29 is 4.57 Å². The van der Waals surface area contributed by atoms with E-state index in [1.165, 1.54) is 38.7 Å². The minimum absolute atomic E-state index is 0.386. The van der Waals surface area contributed by atoms with Crippen LogP contribution in [0.3, 0.4) is 0 Å². The van der Waals surface area contributed by atoms with Crippen molar-refractivity contribution in [3.05, 3.63) is 77.4 Å². The number of aromatic nitrogens is 3. The van der Waals surface area contributed by atoms with Gasteiger partial charge in [0.1, 0.15) is 7.05 Å². The molecule has 0 N–H and O–H groups in total.